The summed E-state index contributed by atoms with van der Waals surface area (Å²) in [5, 5.41) is 3.54. The van der Waals surface area contributed by atoms with Crippen molar-refractivity contribution < 1.29 is 9.00 Å². The van der Waals surface area contributed by atoms with Crippen LogP contribution < -0.4 is 5.32 Å². The van der Waals surface area contributed by atoms with Crippen molar-refractivity contribution in [3.63, 3.8) is 0 Å². The molecular weight excluding hydrogens is 248 g/mol. The van der Waals surface area contributed by atoms with E-state index in [-0.39, 0.29) is 16.9 Å². The van der Waals surface area contributed by atoms with Gasteiger partial charge in [0.05, 0.1) is 5.25 Å². The quantitative estimate of drug-likeness (QED) is 0.757. The summed E-state index contributed by atoms with van der Waals surface area (Å²) in [6.45, 7) is 8.30. The minimum atomic E-state index is -1.03. The smallest absolute Gasteiger partial charge is 0.235 e. The fraction of sp³-hybridized carbons (Fsp3) is 0.923. The van der Waals surface area contributed by atoms with Gasteiger partial charge in [-0.2, -0.15) is 0 Å². The first-order valence-electron chi connectivity index (χ1n) is 7.02. The highest BCUT2D eigenvalue weighted by Crippen LogP contribution is 2.24. The lowest BCUT2D eigenvalue weighted by atomic mass is 10.2. The fourth-order valence-electron chi connectivity index (χ4n) is 2.63. The number of hydrogen-bond donors (Lipinski definition) is 1. The molecule has 0 aromatic rings. The van der Waals surface area contributed by atoms with E-state index >= 15 is 0 Å². The lowest BCUT2D eigenvalue weighted by Gasteiger charge is -2.22. The van der Waals surface area contributed by atoms with Crippen LogP contribution in [0.5, 0.6) is 0 Å². The highest BCUT2D eigenvalue weighted by molar-refractivity contribution is 7.86. The van der Waals surface area contributed by atoms with E-state index in [1.54, 1.807) is 4.90 Å². The maximum absolute atomic E-state index is 12.3. The van der Waals surface area contributed by atoms with E-state index in [2.05, 4.69) is 12.2 Å². The molecule has 0 aliphatic heterocycles. The Morgan fingerprint density at radius 2 is 1.94 bits per heavy atom. The van der Waals surface area contributed by atoms with Gasteiger partial charge >= 0.3 is 0 Å². The van der Waals surface area contributed by atoms with Crippen molar-refractivity contribution in [3.8, 4) is 0 Å². The lowest BCUT2D eigenvalue weighted by Crippen LogP contribution is -2.42. The maximum Gasteiger partial charge on any atom is 0.235 e. The Morgan fingerprint density at radius 3 is 2.50 bits per heavy atom. The van der Waals surface area contributed by atoms with Crippen LogP contribution in [0.1, 0.15) is 40.0 Å². The summed E-state index contributed by atoms with van der Waals surface area (Å²) in [5.74, 6) is 0.217. The molecule has 1 aliphatic carbocycles. The van der Waals surface area contributed by atoms with Gasteiger partial charge in [0.15, 0.2) is 0 Å². The summed E-state index contributed by atoms with van der Waals surface area (Å²) >= 11 is 0. The number of hydrogen-bond acceptors (Lipinski definition) is 3. The van der Waals surface area contributed by atoms with Crippen LogP contribution in [0.25, 0.3) is 0 Å². The van der Waals surface area contributed by atoms with Gasteiger partial charge in [-0.15, -0.1) is 0 Å². The molecule has 0 aromatic carbocycles. The van der Waals surface area contributed by atoms with Gasteiger partial charge in [0.1, 0.15) is 5.75 Å². The van der Waals surface area contributed by atoms with Crippen LogP contribution in [-0.2, 0) is 15.6 Å². The molecule has 106 valence electrons. The van der Waals surface area contributed by atoms with Crippen molar-refractivity contribution in [2.75, 3.05) is 25.4 Å². The number of rotatable bonds is 7. The van der Waals surface area contributed by atoms with E-state index in [0.29, 0.717) is 19.1 Å². The molecule has 4 nitrogen and oxygen atoms in total. The normalized spacial score (nSPS) is 25.1. The minimum absolute atomic E-state index is 0.0282. The van der Waals surface area contributed by atoms with Crippen molar-refractivity contribution in [3.05, 3.63) is 0 Å². The van der Waals surface area contributed by atoms with Crippen LogP contribution in [0.4, 0.5) is 0 Å². The number of nitrogens with zero attached hydrogens (tertiary/aromatic N) is 1. The molecule has 18 heavy (non-hydrogen) atoms. The van der Waals surface area contributed by atoms with E-state index < -0.39 is 10.8 Å². The third-order valence-electron chi connectivity index (χ3n) is 3.64. The van der Waals surface area contributed by atoms with Crippen molar-refractivity contribution in [2.45, 2.75) is 51.3 Å². The Morgan fingerprint density at radius 1 is 1.28 bits per heavy atom. The van der Waals surface area contributed by atoms with Gasteiger partial charge in [0.2, 0.25) is 5.91 Å². The van der Waals surface area contributed by atoms with Crippen LogP contribution in [0.3, 0.4) is 0 Å². The lowest BCUT2D eigenvalue weighted by molar-refractivity contribution is -0.128. The molecule has 3 unspecified atom stereocenters. The van der Waals surface area contributed by atoms with Gasteiger partial charge in [0.25, 0.3) is 0 Å². The Hall–Kier alpha value is -0.420. The Balaban J connectivity index is 2.51. The van der Waals surface area contributed by atoms with E-state index in [9.17, 15) is 9.00 Å². The van der Waals surface area contributed by atoms with Crippen LogP contribution >= 0.6 is 0 Å². The molecule has 1 rings (SSSR count). The molecule has 0 aromatic heterocycles. The third-order valence-corrected chi connectivity index (χ3v) is 5.41. The van der Waals surface area contributed by atoms with Crippen molar-refractivity contribution in [2.24, 2.45) is 0 Å². The zero-order chi connectivity index (χ0) is 13.5. The van der Waals surface area contributed by atoms with Crippen LogP contribution in [-0.4, -0.2) is 51.7 Å². The average Bonchev–Trinajstić information content (AvgIpc) is 2.79. The largest absolute Gasteiger partial charge is 0.342 e. The van der Waals surface area contributed by atoms with Crippen molar-refractivity contribution in [1.29, 1.82) is 0 Å². The standard InChI is InChI=1S/C13H26N2O2S/c1-4-14-11-8-7-9-12(11)18(17)10-13(16)15(5-2)6-3/h11-12,14H,4-10H2,1-3H3. The number of carbonyl (C=O) groups excluding carboxylic acids is 1. The molecule has 0 radical (unpaired) electrons. The molecule has 1 aliphatic rings. The second-order valence-electron chi connectivity index (χ2n) is 4.72. The third kappa shape index (κ3) is 4.05. The van der Waals surface area contributed by atoms with Gasteiger partial charge in [-0.25, -0.2) is 0 Å². The van der Waals surface area contributed by atoms with Crippen molar-refractivity contribution >= 4 is 16.7 Å². The Labute approximate surface area is 113 Å². The summed E-state index contributed by atoms with van der Waals surface area (Å²) in [5.41, 5.74) is 0. The molecule has 0 spiro atoms. The SMILES string of the molecule is CCNC1CCCC1S(=O)CC(=O)N(CC)CC. The van der Waals surface area contributed by atoms with E-state index in [1.165, 1.54) is 0 Å². The van der Waals surface area contributed by atoms with Crippen LogP contribution in [0.15, 0.2) is 0 Å². The minimum Gasteiger partial charge on any atom is -0.342 e. The molecule has 0 bridgehead atoms. The Kier molecular flexibility index (Phi) is 6.86. The van der Waals surface area contributed by atoms with Crippen LogP contribution in [0, 0.1) is 0 Å². The zero-order valence-corrected chi connectivity index (χ0v) is 12.6. The average molecular weight is 274 g/mol. The zero-order valence-electron chi connectivity index (χ0n) is 11.8. The maximum atomic E-state index is 12.3. The molecule has 1 fully saturated rings. The molecule has 1 saturated carbocycles. The van der Waals surface area contributed by atoms with Gasteiger partial charge in [-0.05, 0) is 33.2 Å². The first-order valence-corrected chi connectivity index (χ1v) is 8.40. The molecular formula is C13H26N2O2S. The fourth-order valence-corrected chi connectivity index (χ4v) is 4.30. The number of carbonyl (C=O) groups is 1. The van der Waals surface area contributed by atoms with Gasteiger partial charge < -0.3 is 10.2 Å². The number of nitrogens with one attached hydrogen (secondary N) is 1. The number of amides is 1. The molecule has 0 heterocycles. The van der Waals surface area contributed by atoms with E-state index in [0.717, 1.165) is 25.8 Å². The highest BCUT2D eigenvalue weighted by atomic mass is 32.2. The first-order chi connectivity index (χ1) is 8.63. The topological polar surface area (TPSA) is 49.4 Å². The predicted molar refractivity (Wildman–Crippen MR) is 76.0 cm³/mol. The monoisotopic (exact) mass is 274 g/mol. The first kappa shape index (κ1) is 15.6. The molecule has 1 N–H and O–H groups in total. The second-order valence-corrected chi connectivity index (χ2v) is 6.38. The molecule has 1 amide bonds. The van der Waals surface area contributed by atoms with Gasteiger partial charge in [-0.3, -0.25) is 9.00 Å². The van der Waals surface area contributed by atoms with Gasteiger partial charge in [0, 0.05) is 29.9 Å². The van der Waals surface area contributed by atoms with Crippen molar-refractivity contribution in [1.82, 2.24) is 10.2 Å². The summed E-state index contributed by atoms with van der Waals surface area (Å²) in [7, 11) is -1.03. The summed E-state index contributed by atoms with van der Waals surface area (Å²) < 4.78 is 12.3. The van der Waals surface area contributed by atoms with Gasteiger partial charge in [-0.1, -0.05) is 13.3 Å². The highest BCUT2D eigenvalue weighted by Gasteiger charge is 2.32. The summed E-state index contributed by atoms with van der Waals surface area (Å²) in [6, 6.07) is 0.334. The van der Waals surface area contributed by atoms with E-state index in [1.807, 2.05) is 13.8 Å². The Bertz CT molecular complexity index is 293. The molecule has 3 atom stereocenters. The molecule has 0 saturated heterocycles. The summed E-state index contributed by atoms with van der Waals surface area (Å²) in [4.78, 5) is 13.7. The summed E-state index contributed by atoms with van der Waals surface area (Å²) in [6.07, 6.45) is 3.19. The predicted octanol–water partition coefficient (Wildman–Crippen LogP) is 1.13. The second kappa shape index (κ2) is 7.89. The van der Waals surface area contributed by atoms with Crippen LogP contribution in [0.2, 0.25) is 0 Å². The molecule has 5 heteroatoms. The van der Waals surface area contributed by atoms with E-state index in [4.69, 9.17) is 0 Å².